The molecule has 2 rings (SSSR count). The molecule has 3 N–H and O–H groups in total. The number of carbonyl (C=O) groups is 1. The van der Waals surface area contributed by atoms with Crippen LogP contribution in [0.25, 0.3) is 17.3 Å². The summed E-state index contributed by atoms with van der Waals surface area (Å²) in [5.74, 6) is -1.39. The van der Waals surface area contributed by atoms with Crippen molar-refractivity contribution in [3.8, 4) is 11.3 Å². The quantitative estimate of drug-likeness (QED) is 0.656. The van der Waals surface area contributed by atoms with E-state index in [0.717, 1.165) is 5.69 Å². The molecule has 1 aromatic carbocycles. The molecular formula is C20H23FN2O4. The zero-order valence-electron chi connectivity index (χ0n) is 15.2. The minimum atomic E-state index is -1.14. The van der Waals surface area contributed by atoms with E-state index in [1.807, 2.05) is 13.8 Å². The SMILES string of the molecule is CC(C)c1ncnc(-c2ccc(F)cc2)c1/C=C/C(O)C[C@@H](O)CC(=O)O. The molecule has 2 aromatic rings. The molecule has 1 aromatic heterocycles. The number of carboxylic acid groups (broad SMARTS) is 1. The summed E-state index contributed by atoms with van der Waals surface area (Å²) in [5.41, 5.74) is 2.76. The maximum atomic E-state index is 13.2. The van der Waals surface area contributed by atoms with Crippen LogP contribution < -0.4 is 0 Å². The van der Waals surface area contributed by atoms with Gasteiger partial charge >= 0.3 is 5.97 Å². The van der Waals surface area contributed by atoms with E-state index in [2.05, 4.69) is 9.97 Å². The minimum absolute atomic E-state index is 0.0848. The monoisotopic (exact) mass is 374 g/mol. The highest BCUT2D eigenvalue weighted by atomic mass is 19.1. The van der Waals surface area contributed by atoms with Crippen LogP contribution in [0.4, 0.5) is 4.39 Å². The molecular weight excluding hydrogens is 351 g/mol. The van der Waals surface area contributed by atoms with Crippen molar-refractivity contribution in [1.82, 2.24) is 9.97 Å². The lowest BCUT2D eigenvalue weighted by molar-refractivity contribution is -0.139. The molecule has 0 aliphatic heterocycles. The summed E-state index contributed by atoms with van der Waals surface area (Å²) < 4.78 is 13.2. The number of carboxylic acids is 1. The number of aromatic nitrogens is 2. The van der Waals surface area contributed by atoms with E-state index in [0.29, 0.717) is 16.8 Å². The number of aliphatic hydroxyl groups excluding tert-OH is 2. The van der Waals surface area contributed by atoms with Gasteiger partial charge in [0.1, 0.15) is 12.1 Å². The summed E-state index contributed by atoms with van der Waals surface area (Å²) in [6.07, 6.45) is 1.88. The fraction of sp³-hybridized carbons (Fsp3) is 0.350. The van der Waals surface area contributed by atoms with Crippen LogP contribution in [0.3, 0.4) is 0 Å². The van der Waals surface area contributed by atoms with Gasteiger partial charge in [-0.2, -0.15) is 0 Å². The van der Waals surface area contributed by atoms with Gasteiger partial charge in [0.05, 0.1) is 30.0 Å². The molecule has 27 heavy (non-hydrogen) atoms. The lowest BCUT2D eigenvalue weighted by Crippen LogP contribution is -2.19. The van der Waals surface area contributed by atoms with Gasteiger partial charge in [0, 0.05) is 17.5 Å². The van der Waals surface area contributed by atoms with Crippen LogP contribution in [0.15, 0.2) is 36.7 Å². The highest BCUT2D eigenvalue weighted by Crippen LogP contribution is 2.28. The van der Waals surface area contributed by atoms with E-state index >= 15 is 0 Å². The van der Waals surface area contributed by atoms with Crippen molar-refractivity contribution in [3.05, 3.63) is 53.7 Å². The molecule has 144 valence electrons. The Labute approximate surface area is 157 Å². The van der Waals surface area contributed by atoms with Crippen molar-refractivity contribution in [1.29, 1.82) is 0 Å². The van der Waals surface area contributed by atoms with Crippen molar-refractivity contribution in [2.45, 2.75) is 44.8 Å². The summed E-state index contributed by atoms with van der Waals surface area (Å²) in [5, 5.41) is 28.4. The van der Waals surface area contributed by atoms with Crippen molar-refractivity contribution in [2.75, 3.05) is 0 Å². The molecule has 0 radical (unpaired) electrons. The van der Waals surface area contributed by atoms with Crippen molar-refractivity contribution in [2.24, 2.45) is 0 Å². The highest BCUT2D eigenvalue weighted by Gasteiger charge is 2.16. The third-order valence-electron chi connectivity index (χ3n) is 3.99. The Kier molecular flexibility index (Phi) is 7.15. The van der Waals surface area contributed by atoms with Gasteiger partial charge < -0.3 is 15.3 Å². The van der Waals surface area contributed by atoms with E-state index in [1.54, 1.807) is 18.2 Å². The van der Waals surface area contributed by atoms with Crippen LogP contribution in [0, 0.1) is 5.82 Å². The number of aliphatic carboxylic acids is 1. The van der Waals surface area contributed by atoms with Gasteiger partial charge in [-0.05, 0) is 30.2 Å². The maximum Gasteiger partial charge on any atom is 0.305 e. The van der Waals surface area contributed by atoms with Crippen LogP contribution in [0.1, 0.15) is 43.9 Å². The first kappa shape index (κ1) is 20.7. The Morgan fingerprint density at radius 1 is 1.19 bits per heavy atom. The third-order valence-corrected chi connectivity index (χ3v) is 3.99. The molecule has 0 saturated heterocycles. The molecule has 0 spiro atoms. The van der Waals surface area contributed by atoms with Gasteiger partial charge in [0.15, 0.2) is 0 Å². The number of rotatable bonds is 8. The van der Waals surface area contributed by atoms with Gasteiger partial charge in [0.25, 0.3) is 0 Å². The normalized spacial score (nSPS) is 13.9. The number of nitrogens with zero attached hydrogens (tertiary/aromatic N) is 2. The smallest absolute Gasteiger partial charge is 0.305 e. The predicted molar refractivity (Wildman–Crippen MR) is 99.4 cm³/mol. The van der Waals surface area contributed by atoms with E-state index in [4.69, 9.17) is 5.11 Å². The first-order chi connectivity index (χ1) is 12.8. The summed E-state index contributed by atoms with van der Waals surface area (Å²) in [6.45, 7) is 3.95. The van der Waals surface area contributed by atoms with Crippen LogP contribution in [-0.4, -0.2) is 43.5 Å². The number of halogens is 1. The summed E-state index contributed by atoms with van der Waals surface area (Å²) in [7, 11) is 0. The van der Waals surface area contributed by atoms with Gasteiger partial charge in [-0.25, -0.2) is 14.4 Å². The van der Waals surface area contributed by atoms with Gasteiger partial charge in [0.2, 0.25) is 0 Å². The zero-order valence-corrected chi connectivity index (χ0v) is 15.2. The fourth-order valence-electron chi connectivity index (χ4n) is 2.72. The second-order valence-electron chi connectivity index (χ2n) is 6.60. The number of hydrogen-bond donors (Lipinski definition) is 3. The first-order valence-electron chi connectivity index (χ1n) is 8.65. The van der Waals surface area contributed by atoms with Gasteiger partial charge in [-0.3, -0.25) is 4.79 Å². The van der Waals surface area contributed by atoms with Crippen molar-refractivity contribution < 1.29 is 24.5 Å². The highest BCUT2D eigenvalue weighted by molar-refractivity contribution is 5.73. The Hall–Kier alpha value is -2.64. The molecule has 7 heteroatoms. The average molecular weight is 374 g/mol. The van der Waals surface area contributed by atoms with Gasteiger partial charge in [-0.1, -0.05) is 26.0 Å². The number of hydrogen-bond acceptors (Lipinski definition) is 5. The second-order valence-corrected chi connectivity index (χ2v) is 6.60. The molecule has 0 amide bonds. The van der Waals surface area contributed by atoms with Crippen LogP contribution >= 0.6 is 0 Å². The molecule has 0 fully saturated rings. The Morgan fingerprint density at radius 2 is 1.85 bits per heavy atom. The largest absolute Gasteiger partial charge is 0.481 e. The summed E-state index contributed by atoms with van der Waals surface area (Å²) in [4.78, 5) is 19.2. The number of benzene rings is 1. The van der Waals surface area contributed by atoms with Crippen molar-refractivity contribution in [3.63, 3.8) is 0 Å². The Morgan fingerprint density at radius 3 is 2.44 bits per heavy atom. The average Bonchev–Trinajstić information content (AvgIpc) is 2.59. The first-order valence-corrected chi connectivity index (χ1v) is 8.65. The van der Waals surface area contributed by atoms with Crippen LogP contribution in [-0.2, 0) is 4.79 Å². The Balaban J connectivity index is 2.33. The standard InChI is InChI=1S/C20H23FN2O4/c1-12(2)19-17(8-7-15(24)9-16(25)10-18(26)27)20(23-11-22-19)13-3-5-14(21)6-4-13/h3-8,11-12,15-16,24-25H,9-10H2,1-2H3,(H,26,27)/b8-7+/t15?,16-/m1/s1. The molecule has 6 nitrogen and oxygen atoms in total. The molecule has 0 saturated carbocycles. The predicted octanol–water partition coefficient (Wildman–Crippen LogP) is 3.01. The lowest BCUT2D eigenvalue weighted by Gasteiger charge is -2.14. The van der Waals surface area contributed by atoms with Gasteiger partial charge in [-0.15, -0.1) is 0 Å². The maximum absolute atomic E-state index is 13.2. The zero-order chi connectivity index (χ0) is 20.0. The molecule has 0 bridgehead atoms. The Bertz CT molecular complexity index is 806. The minimum Gasteiger partial charge on any atom is -0.481 e. The summed E-state index contributed by atoms with van der Waals surface area (Å²) in [6, 6.07) is 5.92. The third kappa shape index (κ3) is 5.94. The lowest BCUT2D eigenvalue weighted by atomic mass is 9.97. The second kappa shape index (κ2) is 9.34. The molecule has 1 heterocycles. The fourth-order valence-corrected chi connectivity index (χ4v) is 2.72. The van der Waals surface area contributed by atoms with Crippen molar-refractivity contribution >= 4 is 12.0 Å². The number of aliphatic hydroxyl groups is 2. The van der Waals surface area contributed by atoms with Crippen LogP contribution in [0.2, 0.25) is 0 Å². The molecule has 0 aliphatic carbocycles. The van der Waals surface area contributed by atoms with E-state index in [9.17, 15) is 19.4 Å². The van der Waals surface area contributed by atoms with E-state index < -0.39 is 24.6 Å². The molecule has 0 aliphatic rings. The molecule has 1 unspecified atom stereocenters. The molecule has 2 atom stereocenters. The topological polar surface area (TPSA) is 104 Å². The van der Waals surface area contributed by atoms with Crippen LogP contribution in [0.5, 0.6) is 0 Å². The van der Waals surface area contributed by atoms with E-state index in [-0.39, 0.29) is 18.2 Å². The van der Waals surface area contributed by atoms with E-state index in [1.165, 1.54) is 24.5 Å². The summed E-state index contributed by atoms with van der Waals surface area (Å²) >= 11 is 0.